The minimum Gasteiger partial charge on any atom is -0.497 e. The topological polar surface area (TPSA) is 108 Å². The fourth-order valence-corrected chi connectivity index (χ4v) is 4.61. The largest absolute Gasteiger partial charge is 0.497 e. The number of Topliss-reactive ketones (excluding diaryl/α,β-unsaturated/α-hetero) is 1. The number of anilines is 1. The molecule has 10 heteroatoms. The van der Waals surface area contributed by atoms with Crippen molar-refractivity contribution in [3.63, 3.8) is 0 Å². The number of amides is 1. The Balaban J connectivity index is 1.49. The van der Waals surface area contributed by atoms with Gasteiger partial charge in [0.1, 0.15) is 5.75 Å². The molecule has 1 N–H and O–H groups in total. The van der Waals surface area contributed by atoms with Gasteiger partial charge in [0, 0.05) is 17.3 Å². The summed E-state index contributed by atoms with van der Waals surface area (Å²) in [6.45, 7) is 1.49. The van der Waals surface area contributed by atoms with Gasteiger partial charge in [0.05, 0.1) is 29.5 Å². The average molecular weight is 500 g/mol. The van der Waals surface area contributed by atoms with Crippen molar-refractivity contribution in [3.05, 3.63) is 88.7 Å². The van der Waals surface area contributed by atoms with E-state index in [1.54, 1.807) is 72.2 Å². The maximum Gasteiger partial charge on any atom is 0.267 e. The van der Waals surface area contributed by atoms with Gasteiger partial charge in [0.2, 0.25) is 11.7 Å². The third-order valence-corrected chi connectivity index (χ3v) is 6.54. The minimum absolute atomic E-state index is 0.0400. The van der Waals surface area contributed by atoms with E-state index in [1.165, 1.54) is 23.3 Å². The molecule has 0 saturated heterocycles. The molecule has 2 heterocycles. The first kappa shape index (κ1) is 23.3. The zero-order valence-electron chi connectivity index (χ0n) is 19.5. The summed E-state index contributed by atoms with van der Waals surface area (Å²) in [6.07, 6.45) is 0. The zero-order valence-corrected chi connectivity index (χ0v) is 20.3. The number of aromatic nitrogens is 4. The highest BCUT2D eigenvalue weighted by molar-refractivity contribution is 7.99. The summed E-state index contributed by atoms with van der Waals surface area (Å²) in [5.74, 6) is 0.726. The molecule has 0 bridgehead atoms. The number of carbonyl (C=O) groups is 2. The lowest BCUT2D eigenvalue weighted by Crippen LogP contribution is -2.22. The Morgan fingerprint density at radius 3 is 2.53 bits per heavy atom. The fourth-order valence-electron chi connectivity index (χ4n) is 3.87. The van der Waals surface area contributed by atoms with Gasteiger partial charge in [0.25, 0.3) is 5.56 Å². The molecule has 0 unspecified atom stereocenters. The van der Waals surface area contributed by atoms with Crippen LogP contribution in [0.4, 0.5) is 5.69 Å². The van der Waals surface area contributed by atoms with Gasteiger partial charge in [0.15, 0.2) is 10.9 Å². The number of nitrogens with zero attached hydrogens (tertiary/aromatic N) is 4. The number of hydrogen-bond acceptors (Lipinski definition) is 7. The number of ketones is 1. The number of methoxy groups -OCH3 is 1. The van der Waals surface area contributed by atoms with E-state index in [9.17, 15) is 14.4 Å². The lowest BCUT2D eigenvalue weighted by atomic mass is 10.1. The maximum atomic E-state index is 13.4. The molecule has 5 aromatic rings. The van der Waals surface area contributed by atoms with E-state index in [0.717, 1.165) is 0 Å². The number of ether oxygens (including phenoxy) is 1. The normalized spacial score (nSPS) is 11.1. The fraction of sp³-hybridized carbons (Fsp3) is 0.115. The molecule has 0 spiro atoms. The summed E-state index contributed by atoms with van der Waals surface area (Å²) in [4.78, 5) is 37.5. The van der Waals surface area contributed by atoms with Crippen molar-refractivity contribution in [1.29, 1.82) is 0 Å². The highest BCUT2D eigenvalue weighted by Gasteiger charge is 2.19. The number of carbonyl (C=O) groups excluding carboxylic acids is 2. The highest BCUT2D eigenvalue weighted by Crippen LogP contribution is 2.24. The van der Waals surface area contributed by atoms with Crippen LogP contribution < -0.4 is 15.6 Å². The van der Waals surface area contributed by atoms with Crippen molar-refractivity contribution in [3.8, 4) is 11.4 Å². The van der Waals surface area contributed by atoms with Gasteiger partial charge >= 0.3 is 0 Å². The maximum absolute atomic E-state index is 13.4. The Morgan fingerprint density at radius 1 is 1.00 bits per heavy atom. The summed E-state index contributed by atoms with van der Waals surface area (Å²) in [7, 11) is 1.56. The van der Waals surface area contributed by atoms with Gasteiger partial charge in [-0.1, -0.05) is 30.0 Å². The van der Waals surface area contributed by atoms with Crippen LogP contribution in [0.2, 0.25) is 0 Å². The zero-order chi connectivity index (χ0) is 25.2. The van der Waals surface area contributed by atoms with Gasteiger partial charge < -0.3 is 10.1 Å². The van der Waals surface area contributed by atoms with Crippen LogP contribution in [0.25, 0.3) is 22.4 Å². The second kappa shape index (κ2) is 9.67. The molecular formula is C26H21N5O4S. The van der Waals surface area contributed by atoms with E-state index in [0.29, 0.717) is 44.5 Å². The lowest BCUT2D eigenvalue weighted by Gasteiger charge is -2.12. The van der Waals surface area contributed by atoms with E-state index in [4.69, 9.17) is 4.74 Å². The first-order valence-electron chi connectivity index (χ1n) is 11.0. The third kappa shape index (κ3) is 4.34. The molecule has 2 aromatic heterocycles. The highest BCUT2D eigenvalue weighted by atomic mass is 32.2. The SMILES string of the molecule is COc1cccc(-n2c(=O)c3ccccc3n3c(SCC(=O)Nc4ccc(C(C)=O)cc4)nnc23)c1. The number of nitrogens with one attached hydrogen (secondary N) is 1. The van der Waals surface area contributed by atoms with Crippen LogP contribution in [0.1, 0.15) is 17.3 Å². The first-order chi connectivity index (χ1) is 17.5. The van der Waals surface area contributed by atoms with Gasteiger partial charge in [-0.05, 0) is 55.5 Å². The summed E-state index contributed by atoms with van der Waals surface area (Å²) >= 11 is 1.21. The van der Waals surface area contributed by atoms with Crippen molar-refractivity contribution in [2.24, 2.45) is 0 Å². The van der Waals surface area contributed by atoms with Gasteiger partial charge in [-0.25, -0.2) is 4.57 Å². The molecule has 1 amide bonds. The molecule has 0 fully saturated rings. The van der Waals surface area contributed by atoms with Crippen LogP contribution in [0.3, 0.4) is 0 Å². The molecule has 0 atom stereocenters. The summed E-state index contributed by atoms with van der Waals surface area (Å²) in [6, 6.07) is 21.1. The minimum atomic E-state index is -0.238. The summed E-state index contributed by atoms with van der Waals surface area (Å²) in [5.41, 5.74) is 2.16. The number of thioether (sulfide) groups is 1. The lowest BCUT2D eigenvalue weighted by molar-refractivity contribution is -0.113. The Hall–Kier alpha value is -4.44. The van der Waals surface area contributed by atoms with Gasteiger partial charge in [-0.15, -0.1) is 10.2 Å². The number of para-hydroxylation sites is 1. The Kier molecular flexibility index (Phi) is 6.26. The van der Waals surface area contributed by atoms with Crippen LogP contribution in [-0.2, 0) is 4.79 Å². The first-order valence-corrected chi connectivity index (χ1v) is 12.0. The van der Waals surface area contributed by atoms with Crippen LogP contribution in [0.5, 0.6) is 5.75 Å². The molecular weight excluding hydrogens is 478 g/mol. The van der Waals surface area contributed by atoms with Crippen molar-refractivity contribution >= 4 is 45.8 Å². The molecule has 0 aliphatic rings. The molecule has 9 nitrogen and oxygen atoms in total. The van der Waals surface area contributed by atoms with E-state index < -0.39 is 0 Å². The van der Waals surface area contributed by atoms with Crippen LogP contribution in [-0.4, -0.2) is 43.7 Å². The number of rotatable bonds is 7. The van der Waals surface area contributed by atoms with Crippen LogP contribution in [0.15, 0.2) is 82.7 Å². The molecule has 0 radical (unpaired) electrons. The van der Waals surface area contributed by atoms with E-state index in [-0.39, 0.29) is 23.0 Å². The van der Waals surface area contributed by atoms with Gasteiger partial charge in [-0.2, -0.15) is 0 Å². The molecule has 5 rings (SSSR count). The number of benzene rings is 3. The van der Waals surface area contributed by atoms with Crippen molar-refractivity contribution < 1.29 is 14.3 Å². The quantitative estimate of drug-likeness (QED) is 0.267. The predicted molar refractivity (Wildman–Crippen MR) is 138 cm³/mol. The monoisotopic (exact) mass is 499 g/mol. The van der Waals surface area contributed by atoms with E-state index in [2.05, 4.69) is 15.5 Å². The second-order valence-corrected chi connectivity index (χ2v) is 8.89. The van der Waals surface area contributed by atoms with E-state index >= 15 is 0 Å². The van der Waals surface area contributed by atoms with Crippen molar-refractivity contribution in [2.75, 3.05) is 18.2 Å². The smallest absolute Gasteiger partial charge is 0.267 e. The van der Waals surface area contributed by atoms with Gasteiger partial charge in [-0.3, -0.25) is 18.8 Å². The van der Waals surface area contributed by atoms with Crippen LogP contribution >= 0.6 is 11.8 Å². The van der Waals surface area contributed by atoms with Crippen LogP contribution in [0, 0.1) is 0 Å². The number of hydrogen-bond donors (Lipinski definition) is 1. The predicted octanol–water partition coefficient (Wildman–Crippen LogP) is 3.98. The molecule has 180 valence electrons. The molecule has 0 saturated carbocycles. The molecule has 3 aromatic carbocycles. The summed E-state index contributed by atoms with van der Waals surface area (Å²) < 4.78 is 8.59. The Labute approximate surface area is 209 Å². The molecule has 0 aliphatic carbocycles. The van der Waals surface area contributed by atoms with E-state index in [1.807, 2.05) is 12.1 Å². The van der Waals surface area contributed by atoms with Crippen molar-refractivity contribution in [1.82, 2.24) is 19.2 Å². The molecule has 0 aliphatic heterocycles. The third-order valence-electron chi connectivity index (χ3n) is 5.61. The number of fused-ring (bicyclic) bond motifs is 3. The molecule has 36 heavy (non-hydrogen) atoms. The Bertz CT molecular complexity index is 1670. The Morgan fingerprint density at radius 2 is 1.78 bits per heavy atom. The van der Waals surface area contributed by atoms with Crippen molar-refractivity contribution in [2.45, 2.75) is 12.1 Å². The standard InChI is InChI=1S/C26H21N5O4S/c1-16(32)17-10-12-18(13-11-17)27-23(33)15-36-26-29-28-25-30(19-6-5-7-20(14-19)35-2)24(34)21-8-3-4-9-22(21)31(25)26/h3-14H,15H2,1-2H3,(H,27,33). The second-order valence-electron chi connectivity index (χ2n) is 7.95. The summed E-state index contributed by atoms with van der Waals surface area (Å²) in [5, 5.41) is 12.4. The average Bonchev–Trinajstić information content (AvgIpc) is 3.32.